The molecule has 0 saturated heterocycles. The molecular weight excluding hydrogens is 545 g/mol. The Kier molecular flexibility index (Phi) is 7.22. The van der Waals surface area contributed by atoms with Crippen molar-refractivity contribution in [2.75, 3.05) is 12.4 Å². The lowest BCUT2D eigenvalue weighted by atomic mass is 9.76. The quantitative estimate of drug-likeness (QED) is 0.232. The molecule has 0 aromatic carbocycles. The maximum absolute atomic E-state index is 13.5. The van der Waals surface area contributed by atoms with Crippen LogP contribution in [0.5, 0.6) is 0 Å². The number of halogens is 1. The molecule has 0 radical (unpaired) electrons. The molecule has 1 atom stereocenters. The van der Waals surface area contributed by atoms with E-state index < -0.39 is 11.4 Å². The number of nitrogens with one attached hydrogen (secondary N) is 3. The number of aromatic amines is 1. The summed E-state index contributed by atoms with van der Waals surface area (Å²) in [6.45, 7) is 3.85. The van der Waals surface area contributed by atoms with Crippen LogP contribution in [0.4, 0.5) is 16.0 Å². The Morgan fingerprint density at radius 1 is 1.22 bits per heavy atom. The summed E-state index contributed by atoms with van der Waals surface area (Å²) in [6, 6.07) is 7.21. The van der Waals surface area contributed by atoms with Crippen LogP contribution in [0.25, 0.3) is 16.0 Å². The first-order valence-electron chi connectivity index (χ1n) is 13.4. The van der Waals surface area contributed by atoms with Crippen LogP contribution in [0.15, 0.2) is 48.4 Å². The highest BCUT2D eigenvalue weighted by Crippen LogP contribution is 2.42. The average molecular weight is 576 g/mol. The molecule has 1 aliphatic rings. The van der Waals surface area contributed by atoms with Gasteiger partial charge in [-0.3, -0.25) is 9.89 Å². The van der Waals surface area contributed by atoms with E-state index in [-0.39, 0.29) is 17.9 Å². The molecule has 11 nitrogen and oxygen atoms in total. The zero-order valence-corrected chi connectivity index (χ0v) is 23.7. The number of ether oxygens (including phenoxy) is 1. The maximum Gasteiger partial charge on any atom is 0.252 e. The molecule has 5 heterocycles. The standard InChI is InChI=1S/C28H30FN9O2S/c1-16-10-23(37-36-16)34-22-11-21-26(31-15-41-21)25(35-22)18-6-8-28(40-3,9-7-18)27(39)33-17(2)19-4-5-24(30-12-19)38-14-20(29)13-32-38/h4-5,10-15,17-18H,6-9H2,1-3H3,(H,33,39)(H2,34,35,36,37)/t17-,18?,28?/m0/s1. The average Bonchev–Trinajstić information content (AvgIpc) is 3.74. The van der Waals surface area contributed by atoms with Gasteiger partial charge in [-0.15, -0.1) is 11.3 Å². The van der Waals surface area contributed by atoms with Gasteiger partial charge in [0.15, 0.2) is 17.5 Å². The van der Waals surface area contributed by atoms with Gasteiger partial charge < -0.3 is 15.4 Å². The number of hydrogen-bond acceptors (Lipinski definition) is 9. The van der Waals surface area contributed by atoms with E-state index in [0.29, 0.717) is 24.5 Å². The van der Waals surface area contributed by atoms with Crippen LogP contribution in [-0.4, -0.2) is 53.5 Å². The molecule has 1 fully saturated rings. The van der Waals surface area contributed by atoms with Crippen molar-refractivity contribution in [1.82, 2.24) is 40.2 Å². The summed E-state index contributed by atoms with van der Waals surface area (Å²) in [5, 5.41) is 17.5. The predicted molar refractivity (Wildman–Crippen MR) is 153 cm³/mol. The third kappa shape index (κ3) is 5.42. The second kappa shape index (κ2) is 11.0. The molecule has 5 aromatic rings. The van der Waals surface area contributed by atoms with E-state index in [2.05, 4.69) is 35.9 Å². The van der Waals surface area contributed by atoms with Crippen LogP contribution in [0.2, 0.25) is 0 Å². The van der Waals surface area contributed by atoms with Gasteiger partial charge in [-0.25, -0.2) is 24.0 Å². The molecule has 3 N–H and O–H groups in total. The van der Waals surface area contributed by atoms with E-state index in [0.717, 1.165) is 52.0 Å². The number of H-pyrrole nitrogens is 1. The third-order valence-corrected chi connectivity index (χ3v) is 8.47. The smallest absolute Gasteiger partial charge is 0.252 e. The summed E-state index contributed by atoms with van der Waals surface area (Å²) in [7, 11) is 1.59. The zero-order valence-electron chi connectivity index (χ0n) is 22.9. The number of fused-ring (bicyclic) bond motifs is 1. The first-order valence-corrected chi connectivity index (χ1v) is 14.3. The van der Waals surface area contributed by atoms with E-state index in [9.17, 15) is 9.18 Å². The Bertz CT molecular complexity index is 1670. The Hall–Kier alpha value is -4.23. The fourth-order valence-corrected chi connectivity index (χ4v) is 6.08. The second-order valence-corrected chi connectivity index (χ2v) is 11.3. The number of aromatic nitrogens is 7. The number of rotatable bonds is 8. The van der Waals surface area contributed by atoms with Gasteiger partial charge in [0.2, 0.25) is 0 Å². The SMILES string of the molecule is COC1(C(=O)N[C@@H](C)c2ccc(-n3cc(F)cn3)nc2)CCC(c2nc(Nc3cc(C)[nH]n3)cc3scnc23)CC1. The number of thiazole rings is 1. The molecule has 0 spiro atoms. The molecule has 41 heavy (non-hydrogen) atoms. The fourth-order valence-electron chi connectivity index (χ4n) is 5.36. The summed E-state index contributed by atoms with van der Waals surface area (Å²) in [5.41, 5.74) is 4.52. The Balaban J connectivity index is 1.14. The molecular formula is C28H30FN9O2S. The molecule has 0 bridgehead atoms. The number of amides is 1. The number of aryl methyl sites for hydroxylation is 1. The van der Waals surface area contributed by atoms with E-state index in [1.54, 1.807) is 30.7 Å². The molecule has 1 saturated carbocycles. The molecule has 0 aliphatic heterocycles. The Morgan fingerprint density at radius 3 is 2.71 bits per heavy atom. The number of carbonyl (C=O) groups excluding carboxylic acids is 1. The third-order valence-electron chi connectivity index (χ3n) is 7.70. The minimum absolute atomic E-state index is 0.139. The predicted octanol–water partition coefficient (Wildman–Crippen LogP) is 5.11. The molecule has 13 heteroatoms. The van der Waals surface area contributed by atoms with Gasteiger partial charge in [-0.05, 0) is 51.2 Å². The van der Waals surface area contributed by atoms with Crippen molar-refractivity contribution in [1.29, 1.82) is 0 Å². The molecule has 212 valence electrons. The minimum atomic E-state index is -0.936. The number of carbonyl (C=O) groups is 1. The van der Waals surface area contributed by atoms with Crippen molar-refractivity contribution < 1.29 is 13.9 Å². The minimum Gasteiger partial charge on any atom is -0.368 e. The largest absolute Gasteiger partial charge is 0.368 e. The Morgan fingerprint density at radius 2 is 2.05 bits per heavy atom. The maximum atomic E-state index is 13.5. The summed E-state index contributed by atoms with van der Waals surface area (Å²) in [6.07, 6.45) is 6.62. The van der Waals surface area contributed by atoms with Crippen LogP contribution in [-0.2, 0) is 9.53 Å². The summed E-state index contributed by atoms with van der Waals surface area (Å²) < 4.78 is 21.6. The van der Waals surface area contributed by atoms with Crippen molar-refractivity contribution in [3.8, 4) is 5.82 Å². The lowest BCUT2D eigenvalue weighted by molar-refractivity contribution is -0.148. The van der Waals surface area contributed by atoms with Crippen LogP contribution < -0.4 is 10.6 Å². The van der Waals surface area contributed by atoms with Gasteiger partial charge >= 0.3 is 0 Å². The topological polar surface area (TPSA) is 136 Å². The first-order chi connectivity index (χ1) is 19.8. The van der Waals surface area contributed by atoms with Crippen LogP contribution in [0, 0.1) is 12.7 Å². The van der Waals surface area contributed by atoms with E-state index in [4.69, 9.17) is 9.72 Å². The van der Waals surface area contributed by atoms with E-state index in [1.165, 1.54) is 10.9 Å². The van der Waals surface area contributed by atoms with E-state index >= 15 is 0 Å². The summed E-state index contributed by atoms with van der Waals surface area (Å²) >= 11 is 1.58. The van der Waals surface area contributed by atoms with Gasteiger partial charge in [-0.1, -0.05) is 6.07 Å². The molecule has 1 amide bonds. The Labute approximate surface area is 239 Å². The lowest BCUT2D eigenvalue weighted by Gasteiger charge is -2.38. The lowest BCUT2D eigenvalue weighted by Crippen LogP contribution is -2.50. The summed E-state index contributed by atoms with van der Waals surface area (Å²) in [4.78, 5) is 27.5. The van der Waals surface area contributed by atoms with Crippen LogP contribution >= 0.6 is 11.3 Å². The normalized spacial score (nSPS) is 19.8. The number of pyridine rings is 2. The van der Waals surface area contributed by atoms with Crippen molar-refractivity contribution in [3.63, 3.8) is 0 Å². The highest BCUT2D eigenvalue weighted by molar-refractivity contribution is 7.16. The van der Waals surface area contributed by atoms with Crippen molar-refractivity contribution in [3.05, 3.63) is 71.1 Å². The van der Waals surface area contributed by atoms with Crippen LogP contribution in [0.1, 0.15) is 61.5 Å². The molecule has 5 aromatic heterocycles. The first kappa shape index (κ1) is 27.0. The second-order valence-electron chi connectivity index (χ2n) is 10.4. The number of methoxy groups -OCH3 is 1. The zero-order chi connectivity index (χ0) is 28.6. The van der Waals surface area contributed by atoms with Crippen molar-refractivity contribution >= 4 is 39.1 Å². The fraction of sp³-hybridized carbons (Fsp3) is 0.357. The van der Waals surface area contributed by atoms with Gasteiger partial charge in [0.1, 0.15) is 16.9 Å². The number of anilines is 2. The highest BCUT2D eigenvalue weighted by atomic mass is 32.1. The molecule has 0 unspecified atom stereocenters. The molecule has 1 aliphatic carbocycles. The molecule has 6 rings (SSSR count). The van der Waals surface area contributed by atoms with Gasteiger partial charge in [0.25, 0.3) is 5.91 Å². The summed E-state index contributed by atoms with van der Waals surface area (Å²) in [5.74, 6) is 1.47. The van der Waals surface area contributed by atoms with Crippen molar-refractivity contribution in [2.45, 2.75) is 57.1 Å². The monoisotopic (exact) mass is 575 g/mol. The van der Waals surface area contributed by atoms with Gasteiger partial charge in [-0.2, -0.15) is 10.2 Å². The number of nitrogens with zero attached hydrogens (tertiary/aromatic N) is 6. The van der Waals surface area contributed by atoms with E-state index in [1.807, 2.05) is 37.6 Å². The van der Waals surface area contributed by atoms with Gasteiger partial charge in [0, 0.05) is 37.1 Å². The van der Waals surface area contributed by atoms with Crippen LogP contribution in [0.3, 0.4) is 0 Å². The number of hydrogen-bond donors (Lipinski definition) is 3. The van der Waals surface area contributed by atoms with Gasteiger partial charge in [0.05, 0.1) is 34.3 Å². The highest BCUT2D eigenvalue weighted by Gasteiger charge is 2.43. The van der Waals surface area contributed by atoms with Crippen molar-refractivity contribution in [2.24, 2.45) is 0 Å².